The lowest BCUT2D eigenvalue weighted by atomic mass is 9.46. The second-order valence-electron chi connectivity index (χ2n) is 5.95. The number of carbonyl (C=O) groups is 1. The van der Waals surface area contributed by atoms with Crippen molar-refractivity contribution >= 4 is 5.91 Å². The van der Waals surface area contributed by atoms with Crippen LogP contribution in [0.4, 0.5) is 0 Å². The van der Waals surface area contributed by atoms with E-state index in [0.29, 0.717) is 6.54 Å². The molecule has 0 aromatic rings. The van der Waals surface area contributed by atoms with E-state index in [0.717, 1.165) is 19.4 Å². The lowest BCUT2D eigenvalue weighted by Crippen LogP contribution is -2.82. The number of rotatable bonds is 2. The maximum Gasteiger partial charge on any atom is 0.243 e. The van der Waals surface area contributed by atoms with Crippen LogP contribution in [0.25, 0.3) is 0 Å². The van der Waals surface area contributed by atoms with Gasteiger partial charge in [0.15, 0.2) is 0 Å². The highest BCUT2D eigenvalue weighted by molar-refractivity contribution is 5.89. The van der Waals surface area contributed by atoms with Gasteiger partial charge < -0.3 is 15.4 Å². The normalized spacial score (nSPS) is 39.1. The molecule has 3 atom stereocenters. The fraction of sp³-hybridized carbons (Fsp3) is 0.923. The minimum absolute atomic E-state index is 0.0664. The fourth-order valence-electron chi connectivity index (χ4n) is 3.47. The van der Waals surface area contributed by atoms with Gasteiger partial charge in [0, 0.05) is 31.5 Å². The molecule has 0 spiro atoms. The van der Waals surface area contributed by atoms with Crippen molar-refractivity contribution in [1.82, 2.24) is 4.90 Å². The van der Waals surface area contributed by atoms with Crippen LogP contribution in [-0.4, -0.2) is 42.6 Å². The highest BCUT2D eigenvalue weighted by atomic mass is 16.5. The van der Waals surface area contributed by atoms with Crippen molar-refractivity contribution in [2.75, 3.05) is 20.2 Å². The minimum atomic E-state index is -0.747. The number of ether oxygens (including phenoxy) is 1. The molecule has 3 unspecified atom stereocenters. The van der Waals surface area contributed by atoms with Crippen molar-refractivity contribution in [1.29, 1.82) is 0 Å². The highest BCUT2D eigenvalue weighted by Gasteiger charge is 2.70. The highest BCUT2D eigenvalue weighted by Crippen LogP contribution is 2.57. The number of nitrogens with two attached hydrogens (primary N) is 1. The van der Waals surface area contributed by atoms with Gasteiger partial charge in [-0.2, -0.15) is 0 Å². The molecule has 4 nitrogen and oxygen atoms in total. The lowest BCUT2D eigenvalue weighted by Gasteiger charge is -2.65. The molecule has 1 saturated carbocycles. The first kappa shape index (κ1) is 12.8. The average molecular weight is 240 g/mol. The number of hydrogen-bond acceptors (Lipinski definition) is 3. The first-order valence-corrected chi connectivity index (χ1v) is 6.53. The quantitative estimate of drug-likeness (QED) is 0.783. The van der Waals surface area contributed by atoms with Gasteiger partial charge in [-0.25, -0.2) is 0 Å². The van der Waals surface area contributed by atoms with Gasteiger partial charge in [-0.15, -0.1) is 0 Å². The van der Waals surface area contributed by atoms with E-state index in [4.69, 9.17) is 10.5 Å². The van der Waals surface area contributed by atoms with Gasteiger partial charge in [-0.05, 0) is 19.8 Å². The zero-order chi connectivity index (χ0) is 12.8. The van der Waals surface area contributed by atoms with E-state index in [9.17, 15) is 4.79 Å². The number of likely N-dealkylation sites (N-methyl/N-ethyl adjacent to an activating group) is 1. The predicted octanol–water partition coefficient (Wildman–Crippen LogP) is 0.997. The van der Waals surface area contributed by atoms with Crippen molar-refractivity contribution in [3.8, 4) is 0 Å². The topological polar surface area (TPSA) is 55.6 Å². The molecule has 1 amide bonds. The van der Waals surface area contributed by atoms with Crippen LogP contribution in [0.1, 0.15) is 33.6 Å². The molecule has 1 aliphatic carbocycles. The summed E-state index contributed by atoms with van der Waals surface area (Å²) >= 11 is 0. The van der Waals surface area contributed by atoms with Crippen LogP contribution in [0.3, 0.4) is 0 Å². The predicted molar refractivity (Wildman–Crippen MR) is 66.5 cm³/mol. The Balaban J connectivity index is 2.26. The zero-order valence-electron chi connectivity index (χ0n) is 11.3. The van der Waals surface area contributed by atoms with Crippen LogP contribution in [0, 0.1) is 11.3 Å². The van der Waals surface area contributed by atoms with Gasteiger partial charge in [-0.1, -0.05) is 13.8 Å². The maximum absolute atomic E-state index is 12.5. The van der Waals surface area contributed by atoms with E-state index in [1.54, 1.807) is 4.90 Å². The molecule has 17 heavy (non-hydrogen) atoms. The number of nitrogens with zero attached hydrogens (tertiary/aromatic N) is 1. The first-order chi connectivity index (χ1) is 7.87. The molecule has 1 aliphatic heterocycles. The van der Waals surface area contributed by atoms with E-state index in [1.165, 1.54) is 0 Å². The largest absolute Gasteiger partial charge is 0.377 e. The Morgan fingerprint density at radius 1 is 1.53 bits per heavy atom. The summed E-state index contributed by atoms with van der Waals surface area (Å²) in [5, 5.41) is 0. The Kier molecular flexibility index (Phi) is 2.99. The van der Waals surface area contributed by atoms with Crippen LogP contribution < -0.4 is 5.73 Å². The second kappa shape index (κ2) is 3.95. The van der Waals surface area contributed by atoms with E-state index >= 15 is 0 Å². The average Bonchev–Trinajstić information content (AvgIpc) is 2.35. The molecule has 0 bridgehead atoms. The van der Waals surface area contributed by atoms with Crippen LogP contribution >= 0.6 is 0 Å². The zero-order valence-corrected chi connectivity index (χ0v) is 11.3. The summed E-state index contributed by atoms with van der Waals surface area (Å²) in [5.74, 6) is 0.254. The van der Waals surface area contributed by atoms with E-state index < -0.39 is 5.54 Å². The van der Waals surface area contributed by atoms with Crippen LogP contribution in [0.5, 0.6) is 0 Å². The van der Waals surface area contributed by atoms with Gasteiger partial charge in [0.1, 0.15) is 5.54 Å². The number of amides is 1. The molecular weight excluding hydrogens is 216 g/mol. The van der Waals surface area contributed by atoms with E-state index in [1.807, 2.05) is 14.0 Å². The third-order valence-corrected chi connectivity index (χ3v) is 4.86. The van der Waals surface area contributed by atoms with Gasteiger partial charge in [0.25, 0.3) is 0 Å². The maximum atomic E-state index is 12.5. The standard InChI is InChI=1S/C13H24N2O2/c1-5-15(4)11(16)13(14)9-7-6-8-17-10(9)12(13,2)3/h9-10H,5-8,14H2,1-4H3. The smallest absolute Gasteiger partial charge is 0.243 e. The molecule has 2 N–H and O–H groups in total. The summed E-state index contributed by atoms with van der Waals surface area (Å²) in [6.45, 7) is 7.59. The summed E-state index contributed by atoms with van der Waals surface area (Å²) in [5.41, 5.74) is 5.47. The summed E-state index contributed by atoms with van der Waals surface area (Å²) in [6.07, 6.45) is 2.17. The fourth-order valence-corrected chi connectivity index (χ4v) is 3.47. The van der Waals surface area contributed by atoms with Crippen molar-refractivity contribution in [2.24, 2.45) is 17.1 Å². The SMILES string of the molecule is CCN(C)C(=O)C1(N)C2CCCOC2C1(C)C. The summed E-state index contributed by atoms with van der Waals surface area (Å²) in [4.78, 5) is 14.2. The molecular formula is C13H24N2O2. The van der Waals surface area contributed by atoms with Crippen molar-refractivity contribution in [2.45, 2.75) is 45.3 Å². The Hall–Kier alpha value is -0.610. The second-order valence-corrected chi connectivity index (χ2v) is 5.95. The third kappa shape index (κ3) is 1.47. The summed E-state index contributed by atoms with van der Waals surface area (Å²) in [7, 11) is 1.82. The minimum Gasteiger partial charge on any atom is -0.377 e. The van der Waals surface area contributed by atoms with E-state index in [-0.39, 0.29) is 23.3 Å². The third-order valence-electron chi connectivity index (χ3n) is 4.86. The molecule has 2 fully saturated rings. The van der Waals surface area contributed by atoms with Crippen molar-refractivity contribution in [3.63, 3.8) is 0 Å². The van der Waals surface area contributed by atoms with Gasteiger partial charge in [0.05, 0.1) is 6.10 Å². The monoisotopic (exact) mass is 240 g/mol. The van der Waals surface area contributed by atoms with Crippen LogP contribution in [-0.2, 0) is 9.53 Å². The van der Waals surface area contributed by atoms with Gasteiger partial charge in [-0.3, -0.25) is 4.79 Å². The van der Waals surface area contributed by atoms with Crippen molar-refractivity contribution < 1.29 is 9.53 Å². The molecule has 2 aliphatic rings. The number of fused-ring (bicyclic) bond motifs is 1. The first-order valence-electron chi connectivity index (χ1n) is 6.53. The van der Waals surface area contributed by atoms with Crippen molar-refractivity contribution in [3.05, 3.63) is 0 Å². The van der Waals surface area contributed by atoms with Gasteiger partial charge in [0.2, 0.25) is 5.91 Å². The van der Waals surface area contributed by atoms with Crippen LogP contribution in [0.15, 0.2) is 0 Å². The van der Waals surface area contributed by atoms with Gasteiger partial charge >= 0.3 is 0 Å². The Morgan fingerprint density at radius 2 is 2.18 bits per heavy atom. The molecule has 1 heterocycles. The molecule has 0 radical (unpaired) electrons. The number of carbonyl (C=O) groups excluding carboxylic acids is 1. The Morgan fingerprint density at radius 3 is 2.76 bits per heavy atom. The van der Waals surface area contributed by atoms with Crippen LogP contribution in [0.2, 0.25) is 0 Å². The van der Waals surface area contributed by atoms with E-state index in [2.05, 4.69) is 13.8 Å². The molecule has 0 aromatic carbocycles. The molecule has 4 heteroatoms. The summed E-state index contributed by atoms with van der Waals surface area (Å²) < 4.78 is 5.80. The number of hydrogen-bond donors (Lipinski definition) is 1. The molecule has 1 saturated heterocycles. The summed E-state index contributed by atoms with van der Waals surface area (Å²) in [6, 6.07) is 0. The molecule has 2 rings (SSSR count). The molecule has 98 valence electrons. The Labute approximate surface area is 103 Å². The lowest BCUT2D eigenvalue weighted by molar-refractivity contribution is -0.229. The Bertz CT molecular complexity index is 329. The molecule has 0 aromatic heterocycles.